The lowest BCUT2D eigenvalue weighted by atomic mass is 9.94. The number of carbonyl (C=O) groups excluding carboxylic acids is 1. The van der Waals surface area contributed by atoms with Crippen LogP contribution in [-0.4, -0.2) is 22.0 Å². The third kappa shape index (κ3) is 5.12. The molecule has 2 rings (SSSR count). The van der Waals surface area contributed by atoms with Crippen LogP contribution in [0.4, 0.5) is 17.1 Å². The topological polar surface area (TPSA) is 137 Å². The SMILES string of the molecule is CC(=O)OCc1c(C)cc(C)c(C=NNc2ccc([N+](=O)[O-])cc2[N+](=O)[O-])c1C. The minimum absolute atomic E-state index is 0.0272. The van der Waals surface area contributed by atoms with E-state index in [9.17, 15) is 25.0 Å². The molecular weight excluding hydrogens is 380 g/mol. The molecule has 0 atom stereocenters. The summed E-state index contributed by atoms with van der Waals surface area (Å²) in [6.45, 7) is 7.15. The van der Waals surface area contributed by atoms with E-state index in [1.54, 1.807) is 0 Å². The molecule has 2 aromatic carbocycles. The Morgan fingerprint density at radius 3 is 2.41 bits per heavy atom. The summed E-state index contributed by atoms with van der Waals surface area (Å²) in [5.74, 6) is -0.383. The third-order valence-electron chi connectivity index (χ3n) is 4.38. The molecular formula is C19H20N4O6. The molecule has 1 N–H and O–H groups in total. The van der Waals surface area contributed by atoms with Crippen molar-refractivity contribution in [2.24, 2.45) is 5.10 Å². The lowest BCUT2D eigenvalue weighted by molar-refractivity contribution is -0.393. The number of hydrazone groups is 1. The summed E-state index contributed by atoms with van der Waals surface area (Å²) in [7, 11) is 0. The van der Waals surface area contributed by atoms with Crippen LogP contribution < -0.4 is 5.43 Å². The molecule has 29 heavy (non-hydrogen) atoms. The average molecular weight is 400 g/mol. The maximum Gasteiger partial charge on any atom is 0.302 e. The van der Waals surface area contributed by atoms with E-state index in [1.165, 1.54) is 19.2 Å². The molecule has 152 valence electrons. The Labute approximate surface area is 166 Å². The van der Waals surface area contributed by atoms with Crippen LogP contribution in [0.25, 0.3) is 0 Å². The Balaban J connectivity index is 2.33. The van der Waals surface area contributed by atoms with Crippen molar-refractivity contribution in [2.75, 3.05) is 5.43 Å². The van der Waals surface area contributed by atoms with Gasteiger partial charge in [-0.2, -0.15) is 5.10 Å². The molecule has 0 aliphatic heterocycles. The molecule has 0 amide bonds. The first-order chi connectivity index (χ1) is 13.6. The highest BCUT2D eigenvalue weighted by Crippen LogP contribution is 2.29. The number of benzene rings is 2. The highest BCUT2D eigenvalue weighted by Gasteiger charge is 2.19. The van der Waals surface area contributed by atoms with Gasteiger partial charge in [0.2, 0.25) is 0 Å². The first-order valence-electron chi connectivity index (χ1n) is 8.56. The Morgan fingerprint density at radius 1 is 1.14 bits per heavy atom. The molecule has 10 heteroatoms. The van der Waals surface area contributed by atoms with Crippen molar-refractivity contribution >= 4 is 29.2 Å². The zero-order valence-electron chi connectivity index (χ0n) is 16.4. The number of nitrogens with one attached hydrogen (secondary N) is 1. The van der Waals surface area contributed by atoms with Gasteiger partial charge in [-0.15, -0.1) is 0 Å². The van der Waals surface area contributed by atoms with Gasteiger partial charge >= 0.3 is 11.7 Å². The van der Waals surface area contributed by atoms with Crippen LogP contribution in [0.1, 0.15) is 34.7 Å². The minimum atomic E-state index is -0.718. The summed E-state index contributed by atoms with van der Waals surface area (Å²) >= 11 is 0. The summed E-state index contributed by atoms with van der Waals surface area (Å²) in [5.41, 5.74) is 6.15. The number of nitro groups is 2. The molecule has 0 aromatic heterocycles. The maximum atomic E-state index is 11.2. The quantitative estimate of drug-likeness (QED) is 0.321. The van der Waals surface area contributed by atoms with Crippen LogP contribution in [0.5, 0.6) is 0 Å². The van der Waals surface area contributed by atoms with E-state index in [-0.39, 0.29) is 24.0 Å². The lowest BCUT2D eigenvalue weighted by Crippen LogP contribution is -2.06. The monoisotopic (exact) mass is 400 g/mol. The predicted molar refractivity (Wildman–Crippen MR) is 107 cm³/mol. The fourth-order valence-corrected chi connectivity index (χ4v) is 2.88. The average Bonchev–Trinajstić information content (AvgIpc) is 2.63. The molecule has 0 saturated heterocycles. The minimum Gasteiger partial charge on any atom is -0.461 e. The lowest BCUT2D eigenvalue weighted by Gasteiger charge is -2.15. The van der Waals surface area contributed by atoms with Crippen LogP contribution in [0, 0.1) is 41.0 Å². The summed E-state index contributed by atoms with van der Waals surface area (Å²) in [6.07, 6.45) is 1.51. The largest absolute Gasteiger partial charge is 0.461 e. The van der Waals surface area contributed by atoms with Crippen molar-refractivity contribution in [2.45, 2.75) is 34.3 Å². The molecule has 0 bridgehead atoms. The summed E-state index contributed by atoms with van der Waals surface area (Å²) in [4.78, 5) is 31.7. The second kappa shape index (κ2) is 8.91. The molecule has 2 aromatic rings. The molecule has 0 unspecified atom stereocenters. The number of anilines is 1. The van der Waals surface area contributed by atoms with Gasteiger partial charge in [-0.1, -0.05) is 6.07 Å². The van der Waals surface area contributed by atoms with Crippen molar-refractivity contribution < 1.29 is 19.4 Å². The van der Waals surface area contributed by atoms with Crippen LogP contribution in [-0.2, 0) is 16.1 Å². The molecule has 0 heterocycles. The summed E-state index contributed by atoms with van der Waals surface area (Å²) in [6, 6.07) is 5.19. The first-order valence-corrected chi connectivity index (χ1v) is 8.56. The number of hydrogen-bond acceptors (Lipinski definition) is 8. The van der Waals surface area contributed by atoms with E-state index < -0.39 is 15.5 Å². The maximum absolute atomic E-state index is 11.2. The van der Waals surface area contributed by atoms with Crippen LogP contribution >= 0.6 is 0 Å². The Bertz CT molecular complexity index is 1020. The van der Waals surface area contributed by atoms with E-state index in [0.29, 0.717) is 0 Å². The molecule has 0 saturated carbocycles. The molecule has 0 spiro atoms. The predicted octanol–water partition coefficient (Wildman–Crippen LogP) is 3.94. The molecule has 10 nitrogen and oxygen atoms in total. The van der Waals surface area contributed by atoms with Crippen LogP contribution in [0.2, 0.25) is 0 Å². The number of nitrogens with zero attached hydrogens (tertiary/aromatic N) is 3. The van der Waals surface area contributed by atoms with Crippen molar-refractivity contribution in [3.05, 3.63) is 72.3 Å². The number of rotatable bonds is 7. The van der Waals surface area contributed by atoms with E-state index in [2.05, 4.69) is 10.5 Å². The third-order valence-corrected chi connectivity index (χ3v) is 4.38. The molecule has 0 aliphatic carbocycles. The highest BCUT2D eigenvalue weighted by atomic mass is 16.6. The van der Waals surface area contributed by atoms with E-state index >= 15 is 0 Å². The van der Waals surface area contributed by atoms with Gasteiger partial charge in [-0.25, -0.2) is 0 Å². The Hall–Kier alpha value is -3.82. The second-order valence-electron chi connectivity index (χ2n) is 6.39. The number of aryl methyl sites for hydroxylation is 2. The van der Waals surface area contributed by atoms with Gasteiger partial charge < -0.3 is 4.74 Å². The van der Waals surface area contributed by atoms with Gasteiger partial charge in [0.1, 0.15) is 12.3 Å². The van der Waals surface area contributed by atoms with Crippen LogP contribution in [0.15, 0.2) is 29.4 Å². The van der Waals surface area contributed by atoms with Crippen molar-refractivity contribution in [1.29, 1.82) is 0 Å². The van der Waals surface area contributed by atoms with Gasteiger partial charge in [0.15, 0.2) is 0 Å². The number of nitro benzene ring substituents is 2. The summed E-state index contributed by atoms with van der Waals surface area (Å²) in [5, 5.41) is 26.1. The van der Waals surface area contributed by atoms with Crippen molar-refractivity contribution in [1.82, 2.24) is 0 Å². The Kier molecular flexibility index (Phi) is 6.60. The molecule has 0 fully saturated rings. The smallest absolute Gasteiger partial charge is 0.302 e. The normalized spacial score (nSPS) is 10.8. The first kappa shape index (κ1) is 21.5. The van der Waals surface area contributed by atoms with Gasteiger partial charge in [0.25, 0.3) is 5.69 Å². The standard InChI is InChI=1S/C19H20N4O6/c1-11-7-12(2)17(10-29-14(4)24)13(3)16(11)9-20-21-18-6-5-15(22(25)26)8-19(18)23(27)28/h5-9,21H,10H2,1-4H3. The number of non-ortho nitro benzene ring substituents is 1. The van der Waals surface area contributed by atoms with Gasteiger partial charge in [0, 0.05) is 18.6 Å². The zero-order valence-corrected chi connectivity index (χ0v) is 16.4. The number of esters is 1. The van der Waals surface area contributed by atoms with Crippen LogP contribution in [0.3, 0.4) is 0 Å². The number of carbonyl (C=O) groups is 1. The summed E-state index contributed by atoms with van der Waals surface area (Å²) < 4.78 is 5.10. The van der Waals surface area contributed by atoms with Gasteiger partial charge in [-0.3, -0.25) is 30.4 Å². The van der Waals surface area contributed by atoms with Gasteiger partial charge in [-0.05, 0) is 49.1 Å². The molecule has 0 radical (unpaired) electrons. The highest BCUT2D eigenvalue weighted by molar-refractivity contribution is 5.85. The fraction of sp³-hybridized carbons (Fsp3) is 0.263. The second-order valence-corrected chi connectivity index (χ2v) is 6.39. The number of hydrogen-bond donors (Lipinski definition) is 1. The van der Waals surface area contributed by atoms with Gasteiger partial charge in [0.05, 0.1) is 22.1 Å². The van der Waals surface area contributed by atoms with E-state index in [1.807, 2.05) is 26.8 Å². The molecule has 0 aliphatic rings. The Morgan fingerprint density at radius 2 is 1.83 bits per heavy atom. The van der Waals surface area contributed by atoms with E-state index in [0.717, 1.165) is 39.9 Å². The van der Waals surface area contributed by atoms with E-state index in [4.69, 9.17) is 4.74 Å². The zero-order chi connectivity index (χ0) is 21.7. The van der Waals surface area contributed by atoms with Crippen molar-refractivity contribution in [3.63, 3.8) is 0 Å². The fourth-order valence-electron chi connectivity index (χ4n) is 2.88. The van der Waals surface area contributed by atoms with Crippen molar-refractivity contribution in [3.8, 4) is 0 Å². The number of ether oxygens (including phenoxy) is 1.